The molecule has 0 saturated heterocycles. The summed E-state index contributed by atoms with van der Waals surface area (Å²) >= 11 is 1.22. The van der Waals surface area contributed by atoms with E-state index in [4.69, 9.17) is 0 Å². The van der Waals surface area contributed by atoms with Crippen molar-refractivity contribution in [2.75, 3.05) is 11.1 Å². The van der Waals surface area contributed by atoms with E-state index in [2.05, 4.69) is 20.8 Å². The van der Waals surface area contributed by atoms with Crippen molar-refractivity contribution in [3.63, 3.8) is 0 Å². The van der Waals surface area contributed by atoms with Crippen LogP contribution >= 0.6 is 11.8 Å². The molecule has 2 aromatic carbocycles. The normalized spacial score (nSPS) is 11.7. The maximum Gasteiger partial charge on any atom is 0.251 e. The molecule has 0 unspecified atom stereocenters. The van der Waals surface area contributed by atoms with Gasteiger partial charge in [-0.15, -0.1) is 10.2 Å². The third-order valence-electron chi connectivity index (χ3n) is 4.38. The average molecular weight is 428 g/mol. The van der Waals surface area contributed by atoms with E-state index in [0.717, 1.165) is 5.56 Å². The lowest BCUT2D eigenvalue weighted by Gasteiger charge is -2.13. The van der Waals surface area contributed by atoms with E-state index in [0.29, 0.717) is 22.2 Å². The number of thioether (sulfide) groups is 1. The molecule has 1 aromatic heterocycles. The molecular weight excluding hydrogens is 405 g/mol. The van der Waals surface area contributed by atoms with Crippen molar-refractivity contribution in [3.05, 3.63) is 71.3 Å². The van der Waals surface area contributed by atoms with Gasteiger partial charge in [0, 0.05) is 18.3 Å². The Morgan fingerprint density at radius 3 is 2.43 bits per heavy atom. The van der Waals surface area contributed by atoms with Gasteiger partial charge in [-0.05, 0) is 50.2 Å². The lowest BCUT2D eigenvalue weighted by atomic mass is 10.1. The van der Waals surface area contributed by atoms with Crippen LogP contribution < -0.4 is 10.6 Å². The molecule has 3 rings (SSSR count). The number of rotatable bonds is 7. The van der Waals surface area contributed by atoms with Gasteiger partial charge < -0.3 is 15.2 Å². The summed E-state index contributed by atoms with van der Waals surface area (Å²) < 4.78 is 14.7. The second-order valence-electron chi connectivity index (χ2n) is 6.80. The molecule has 30 heavy (non-hydrogen) atoms. The molecule has 3 aromatic rings. The van der Waals surface area contributed by atoms with E-state index in [1.807, 2.05) is 26.0 Å². The highest BCUT2D eigenvalue weighted by atomic mass is 32.2. The van der Waals surface area contributed by atoms with E-state index >= 15 is 0 Å². The number of carbonyl (C=O) groups is 2. The van der Waals surface area contributed by atoms with Crippen molar-refractivity contribution >= 4 is 29.3 Å². The number of carbonyl (C=O) groups excluding carboxylic acids is 2. The average Bonchev–Trinajstić information content (AvgIpc) is 3.09. The van der Waals surface area contributed by atoms with Crippen molar-refractivity contribution < 1.29 is 14.0 Å². The molecule has 0 aliphatic rings. The molecule has 7 nitrogen and oxygen atoms in total. The molecule has 0 aliphatic heterocycles. The van der Waals surface area contributed by atoms with Gasteiger partial charge in [-0.25, -0.2) is 4.39 Å². The molecule has 0 aliphatic carbocycles. The predicted molar refractivity (Wildman–Crippen MR) is 114 cm³/mol. The van der Waals surface area contributed by atoms with Gasteiger partial charge in [0.25, 0.3) is 5.91 Å². The van der Waals surface area contributed by atoms with E-state index < -0.39 is 0 Å². The number of hydrogen-bond acceptors (Lipinski definition) is 5. The van der Waals surface area contributed by atoms with Crippen molar-refractivity contribution in [2.24, 2.45) is 7.05 Å². The second kappa shape index (κ2) is 9.53. The molecule has 2 amide bonds. The second-order valence-corrected chi connectivity index (χ2v) is 7.75. The molecule has 0 spiro atoms. The van der Waals surface area contributed by atoms with Gasteiger partial charge >= 0.3 is 0 Å². The SMILES string of the molecule is Cc1ccc(C(=O)N[C@H](C)c2nnc(SCC(=O)Nc3ccc(F)cc3)n2C)cc1. The maximum absolute atomic E-state index is 12.9. The largest absolute Gasteiger partial charge is 0.342 e. The minimum absolute atomic E-state index is 0.119. The summed E-state index contributed by atoms with van der Waals surface area (Å²) in [5.41, 5.74) is 2.17. The number of halogens is 1. The van der Waals surface area contributed by atoms with Crippen LogP contribution in [0.25, 0.3) is 0 Å². The summed E-state index contributed by atoms with van der Waals surface area (Å²) in [5.74, 6) is -0.0993. The van der Waals surface area contributed by atoms with Crippen LogP contribution in [0.3, 0.4) is 0 Å². The highest BCUT2D eigenvalue weighted by Crippen LogP contribution is 2.20. The molecule has 0 bridgehead atoms. The Morgan fingerprint density at radius 1 is 1.10 bits per heavy atom. The maximum atomic E-state index is 12.9. The van der Waals surface area contributed by atoms with Crippen LogP contribution in [0, 0.1) is 12.7 Å². The highest BCUT2D eigenvalue weighted by molar-refractivity contribution is 7.99. The van der Waals surface area contributed by atoms with E-state index in [-0.39, 0.29) is 29.4 Å². The zero-order valence-corrected chi connectivity index (χ0v) is 17.7. The number of aryl methyl sites for hydroxylation is 1. The third kappa shape index (κ3) is 5.44. The number of amides is 2. The molecule has 2 N–H and O–H groups in total. The van der Waals surface area contributed by atoms with Crippen molar-refractivity contribution in [2.45, 2.75) is 25.0 Å². The van der Waals surface area contributed by atoms with Gasteiger partial charge in [-0.3, -0.25) is 9.59 Å². The van der Waals surface area contributed by atoms with E-state index in [1.54, 1.807) is 23.7 Å². The first-order valence-corrected chi connectivity index (χ1v) is 10.3. The smallest absolute Gasteiger partial charge is 0.251 e. The molecule has 1 atom stereocenters. The summed E-state index contributed by atoms with van der Waals surface area (Å²) in [6.45, 7) is 3.79. The molecule has 0 fully saturated rings. The van der Waals surface area contributed by atoms with Crippen LogP contribution in [-0.2, 0) is 11.8 Å². The first-order valence-electron chi connectivity index (χ1n) is 9.28. The molecule has 156 valence electrons. The Balaban J connectivity index is 1.56. The molecule has 9 heteroatoms. The Bertz CT molecular complexity index is 1030. The van der Waals surface area contributed by atoms with Crippen LogP contribution in [0.1, 0.15) is 34.7 Å². The standard InChI is InChI=1S/C21H22FN5O2S/c1-13-4-6-15(7-5-13)20(29)23-14(2)19-25-26-21(27(19)3)30-12-18(28)24-17-10-8-16(22)9-11-17/h4-11,14H,12H2,1-3H3,(H,23,29)(H,24,28)/t14-/m1/s1. The van der Waals surface area contributed by atoms with Gasteiger partial charge in [0.15, 0.2) is 11.0 Å². The minimum Gasteiger partial charge on any atom is -0.342 e. The number of nitrogens with zero attached hydrogens (tertiary/aromatic N) is 3. The third-order valence-corrected chi connectivity index (χ3v) is 5.40. The van der Waals surface area contributed by atoms with Crippen LogP contribution in [-0.4, -0.2) is 32.3 Å². The fourth-order valence-corrected chi connectivity index (χ4v) is 3.46. The van der Waals surface area contributed by atoms with Gasteiger partial charge in [0.05, 0.1) is 11.8 Å². The molecular formula is C21H22FN5O2S. The predicted octanol–water partition coefficient (Wildman–Crippen LogP) is 3.48. The molecule has 1 heterocycles. The van der Waals surface area contributed by atoms with Crippen LogP contribution in [0.5, 0.6) is 0 Å². The molecule has 0 saturated carbocycles. The quantitative estimate of drug-likeness (QED) is 0.564. The van der Waals surface area contributed by atoms with Crippen molar-refractivity contribution in [1.82, 2.24) is 20.1 Å². The van der Waals surface area contributed by atoms with Crippen LogP contribution in [0.15, 0.2) is 53.7 Å². The number of anilines is 1. The lowest BCUT2D eigenvalue weighted by Crippen LogP contribution is -2.28. The Kier molecular flexibility index (Phi) is 6.83. The zero-order chi connectivity index (χ0) is 21.7. The summed E-state index contributed by atoms with van der Waals surface area (Å²) in [6.07, 6.45) is 0. The Morgan fingerprint density at radius 2 is 1.77 bits per heavy atom. The zero-order valence-electron chi connectivity index (χ0n) is 16.8. The summed E-state index contributed by atoms with van der Waals surface area (Å²) in [7, 11) is 1.78. The highest BCUT2D eigenvalue weighted by Gasteiger charge is 2.19. The molecule has 0 radical (unpaired) electrons. The Hall–Kier alpha value is -3.20. The lowest BCUT2D eigenvalue weighted by molar-refractivity contribution is -0.113. The fourth-order valence-electron chi connectivity index (χ4n) is 2.74. The van der Waals surface area contributed by atoms with Gasteiger partial charge in [-0.1, -0.05) is 29.5 Å². The summed E-state index contributed by atoms with van der Waals surface area (Å²) in [6, 6.07) is 12.5. The topological polar surface area (TPSA) is 88.9 Å². The van der Waals surface area contributed by atoms with E-state index in [1.165, 1.54) is 36.0 Å². The van der Waals surface area contributed by atoms with Crippen LogP contribution in [0.4, 0.5) is 10.1 Å². The minimum atomic E-state index is -0.363. The number of benzene rings is 2. The monoisotopic (exact) mass is 427 g/mol. The first-order chi connectivity index (χ1) is 14.3. The van der Waals surface area contributed by atoms with Crippen molar-refractivity contribution in [1.29, 1.82) is 0 Å². The van der Waals surface area contributed by atoms with Gasteiger partial charge in [-0.2, -0.15) is 0 Å². The summed E-state index contributed by atoms with van der Waals surface area (Å²) in [5, 5.41) is 14.4. The van der Waals surface area contributed by atoms with Gasteiger partial charge in [0.2, 0.25) is 5.91 Å². The van der Waals surface area contributed by atoms with E-state index in [9.17, 15) is 14.0 Å². The van der Waals surface area contributed by atoms with Crippen LogP contribution in [0.2, 0.25) is 0 Å². The first kappa shape index (κ1) is 21.5. The fraction of sp³-hybridized carbons (Fsp3) is 0.238. The number of hydrogen-bond donors (Lipinski definition) is 2. The van der Waals surface area contributed by atoms with Crippen molar-refractivity contribution in [3.8, 4) is 0 Å². The number of aromatic nitrogens is 3. The Labute approximate surface area is 178 Å². The summed E-state index contributed by atoms with van der Waals surface area (Å²) in [4.78, 5) is 24.5. The van der Waals surface area contributed by atoms with Gasteiger partial charge in [0.1, 0.15) is 5.82 Å². The number of nitrogens with one attached hydrogen (secondary N) is 2.